The molecule has 2 aromatic rings. The van der Waals surface area contributed by atoms with E-state index in [2.05, 4.69) is 15.0 Å². The Labute approximate surface area is 93.2 Å². The molecule has 0 spiro atoms. The molecule has 0 aromatic carbocycles. The van der Waals surface area contributed by atoms with E-state index in [9.17, 15) is 0 Å². The fourth-order valence-corrected chi connectivity index (χ4v) is 2.15. The number of piperidine rings is 1. The third kappa shape index (κ3) is 1.53. The van der Waals surface area contributed by atoms with Gasteiger partial charge in [0.05, 0.1) is 11.6 Å². The summed E-state index contributed by atoms with van der Waals surface area (Å²) in [6.45, 7) is 1.91. The van der Waals surface area contributed by atoms with Crippen molar-refractivity contribution in [3.05, 3.63) is 18.5 Å². The van der Waals surface area contributed by atoms with E-state index < -0.39 is 0 Å². The quantitative estimate of drug-likeness (QED) is 0.777. The Balaban J connectivity index is 1.96. The summed E-state index contributed by atoms with van der Waals surface area (Å²) in [6.07, 6.45) is 5.52. The Morgan fingerprint density at radius 3 is 3.00 bits per heavy atom. The van der Waals surface area contributed by atoms with Gasteiger partial charge in [0.25, 0.3) is 0 Å². The summed E-state index contributed by atoms with van der Waals surface area (Å²) in [5.74, 6) is 0.964. The van der Waals surface area contributed by atoms with Crippen molar-refractivity contribution in [2.45, 2.75) is 18.9 Å². The zero-order valence-corrected chi connectivity index (χ0v) is 8.97. The average Bonchev–Trinajstić information content (AvgIpc) is 2.78. The lowest BCUT2D eigenvalue weighted by Crippen LogP contribution is -2.40. The SMILES string of the molecule is NC1CCN(c2nccc3oncc23)CC1. The van der Waals surface area contributed by atoms with Crippen LogP contribution in [0.4, 0.5) is 5.82 Å². The van der Waals surface area contributed by atoms with E-state index in [-0.39, 0.29) is 0 Å². The number of hydrogen-bond donors (Lipinski definition) is 1. The molecule has 0 aliphatic carbocycles. The normalized spacial score (nSPS) is 18.2. The van der Waals surface area contributed by atoms with Gasteiger partial charge in [-0.15, -0.1) is 0 Å². The monoisotopic (exact) mass is 218 g/mol. The maximum absolute atomic E-state index is 5.89. The third-order valence-corrected chi connectivity index (χ3v) is 3.10. The maximum atomic E-state index is 5.89. The molecule has 0 atom stereocenters. The van der Waals surface area contributed by atoms with Gasteiger partial charge in [0.15, 0.2) is 5.58 Å². The Morgan fingerprint density at radius 1 is 1.38 bits per heavy atom. The molecule has 3 rings (SSSR count). The molecule has 2 N–H and O–H groups in total. The van der Waals surface area contributed by atoms with E-state index in [1.165, 1.54) is 0 Å². The highest BCUT2D eigenvalue weighted by Crippen LogP contribution is 2.25. The largest absolute Gasteiger partial charge is 0.356 e. The number of nitrogens with two attached hydrogens (primary N) is 1. The van der Waals surface area contributed by atoms with Gasteiger partial charge >= 0.3 is 0 Å². The van der Waals surface area contributed by atoms with Crippen LogP contribution in [0.3, 0.4) is 0 Å². The van der Waals surface area contributed by atoms with E-state index in [1.54, 1.807) is 12.4 Å². The van der Waals surface area contributed by atoms with Crippen LogP contribution in [0.25, 0.3) is 11.0 Å². The number of pyridine rings is 1. The third-order valence-electron chi connectivity index (χ3n) is 3.10. The molecule has 1 aliphatic rings. The Morgan fingerprint density at radius 2 is 2.19 bits per heavy atom. The summed E-state index contributed by atoms with van der Waals surface area (Å²) in [6, 6.07) is 2.17. The molecule has 3 heterocycles. The zero-order valence-electron chi connectivity index (χ0n) is 8.97. The van der Waals surface area contributed by atoms with E-state index in [1.807, 2.05) is 6.07 Å². The molecular weight excluding hydrogens is 204 g/mol. The molecule has 84 valence electrons. The minimum atomic E-state index is 0.331. The topological polar surface area (TPSA) is 68.2 Å². The first-order valence-corrected chi connectivity index (χ1v) is 5.54. The van der Waals surface area contributed by atoms with Crippen LogP contribution in [0.1, 0.15) is 12.8 Å². The lowest BCUT2D eigenvalue weighted by molar-refractivity contribution is 0.456. The molecule has 0 saturated carbocycles. The van der Waals surface area contributed by atoms with Gasteiger partial charge in [0, 0.05) is 31.4 Å². The Hall–Kier alpha value is -1.62. The number of hydrogen-bond acceptors (Lipinski definition) is 5. The second-order valence-corrected chi connectivity index (χ2v) is 4.20. The summed E-state index contributed by atoms with van der Waals surface area (Å²) in [5.41, 5.74) is 6.68. The van der Waals surface area contributed by atoms with Gasteiger partial charge in [-0.2, -0.15) is 0 Å². The first kappa shape index (κ1) is 9.59. The first-order valence-electron chi connectivity index (χ1n) is 5.54. The predicted octanol–water partition coefficient (Wildman–Crippen LogP) is 1.15. The molecule has 1 aliphatic heterocycles. The summed E-state index contributed by atoms with van der Waals surface area (Å²) in [5, 5.41) is 4.79. The molecule has 0 bridgehead atoms. The number of aromatic nitrogens is 2. The van der Waals surface area contributed by atoms with E-state index >= 15 is 0 Å². The first-order chi connectivity index (χ1) is 7.84. The van der Waals surface area contributed by atoms with E-state index in [4.69, 9.17) is 10.3 Å². The molecule has 1 saturated heterocycles. The minimum Gasteiger partial charge on any atom is -0.356 e. The molecule has 16 heavy (non-hydrogen) atoms. The van der Waals surface area contributed by atoms with Crippen LogP contribution in [-0.2, 0) is 0 Å². The van der Waals surface area contributed by atoms with E-state index in [0.717, 1.165) is 42.7 Å². The van der Waals surface area contributed by atoms with Crippen molar-refractivity contribution in [2.75, 3.05) is 18.0 Å². The smallest absolute Gasteiger partial charge is 0.172 e. The van der Waals surface area contributed by atoms with Crippen LogP contribution in [0, 0.1) is 0 Å². The minimum absolute atomic E-state index is 0.331. The lowest BCUT2D eigenvalue weighted by atomic mass is 10.1. The zero-order chi connectivity index (χ0) is 11.0. The van der Waals surface area contributed by atoms with Crippen LogP contribution in [0.2, 0.25) is 0 Å². The molecular formula is C11H14N4O. The molecule has 5 heteroatoms. The molecule has 0 unspecified atom stereocenters. The van der Waals surface area contributed by atoms with Gasteiger partial charge in [0.1, 0.15) is 5.82 Å². The maximum Gasteiger partial charge on any atom is 0.172 e. The summed E-state index contributed by atoms with van der Waals surface area (Å²) in [7, 11) is 0. The highest BCUT2D eigenvalue weighted by molar-refractivity contribution is 5.87. The van der Waals surface area contributed by atoms with Crippen LogP contribution in [0.5, 0.6) is 0 Å². The molecule has 0 amide bonds. The molecule has 2 aromatic heterocycles. The Kier molecular flexibility index (Phi) is 2.25. The predicted molar refractivity (Wildman–Crippen MR) is 61.2 cm³/mol. The van der Waals surface area contributed by atoms with Crippen molar-refractivity contribution in [2.24, 2.45) is 5.73 Å². The van der Waals surface area contributed by atoms with Crippen molar-refractivity contribution >= 4 is 16.8 Å². The number of nitrogens with zero attached hydrogens (tertiary/aromatic N) is 3. The van der Waals surface area contributed by atoms with Crippen LogP contribution >= 0.6 is 0 Å². The fourth-order valence-electron chi connectivity index (χ4n) is 2.15. The van der Waals surface area contributed by atoms with Crippen molar-refractivity contribution in [3.63, 3.8) is 0 Å². The van der Waals surface area contributed by atoms with Gasteiger partial charge in [-0.05, 0) is 12.8 Å². The summed E-state index contributed by atoms with van der Waals surface area (Å²) >= 11 is 0. The second kappa shape index (κ2) is 3.75. The second-order valence-electron chi connectivity index (χ2n) is 4.20. The number of anilines is 1. The average molecular weight is 218 g/mol. The van der Waals surface area contributed by atoms with Crippen LogP contribution in [-0.4, -0.2) is 29.3 Å². The van der Waals surface area contributed by atoms with Gasteiger partial charge in [-0.1, -0.05) is 5.16 Å². The van der Waals surface area contributed by atoms with E-state index in [0.29, 0.717) is 6.04 Å². The van der Waals surface area contributed by atoms with Crippen molar-refractivity contribution in [1.29, 1.82) is 0 Å². The Bertz CT molecular complexity index is 487. The lowest BCUT2D eigenvalue weighted by Gasteiger charge is -2.31. The number of fused-ring (bicyclic) bond motifs is 1. The van der Waals surface area contributed by atoms with Crippen LogP contribution in [0.15, 0.2) is 23.0 Å². The highest BCUT2D eigenvalue weighted by atomic mass is 16.5. The molecule has 1 fully saturated rings. The summed E-state index contributed by atoms with van der Waals surface area (Å²) < 4.78 is 5.13. The van der Waals surface area contributed by atoms with Crippen molar-refractivity contribution in [1.82, 2.24) is 10.1 Å². The molecule has 0 radical (unpaired) electrons. The van der Waals surface area contributed by atoms with Gasteiger partial charge in [-0.25, -0.2) is 4.98 Å². The van der Waals surface area contributed by atoms with Gasteiger partial charge in [-0.3, -0.25) is 0 Å². The standard InChI is InChI=1S/C11H14N4O/c12-8-2-5-15(6-3-8)11-9-7-14-16-10(9)1-4-13-11/h1,4,7-8H,2-3,5-6,12H2. The molecule has 5 nitrogen and oxygen atoms in total. The van der Waals surface area contributed by atoms with Gasteiger partial charge in [0.2, 0.25) is 0 Å². The van der Waals surface area contributed by atoms with Crippen molar-refractivity contribution in [3.8, 4) is 0 Å². The number of rotatable bonds is 1. The van der Waals surface area contributed by atoms with Crippen molar-refractivity contribution < 1.29 is 4.52 Å². The highest BCUT2D eigenvalue weighted by Gasteiger charge is 2.19. The fraction of sp³-hybridized carbons (Fsp3) is 0.455. The summed E-state index contributed by atoms with van der Waals surface area (Å²) in [4.78, 5) is 6.67. The van der Waals surface area contributed by atoms with Gasteiger partial charge < -0.3 is 15.2 Å². The van der Waals surface area contributed by atoms with Crippen LogP contribution < -0.4 is 10.6 Å².